The zero-order valence-corrected chi connectivity index (χ0v) is 14.3. The summed E-state index contributed by atoms with van der Waals surface area (Å²) >= 11 is 7.74. The van der Waals surface area contributed by atoms with Crippen molar-refractivity contribution < 1.29 is 9.80 Å². The van der Waals surface area contributed by atoms with Crippen molar-refractivity contribution in [1.29, 1.82) is 0 Å². The topological polar surface area (TPSA) is 36.7 Å². The van der Waals surface area contributed by atoms with Crippen molar-refractivity contribution in [3.8, 4) is 5.75 Å². The van der Waals surface area contributed by atoms with E-state index in [1.807, 2.05) is 44.2 Å². The fourth-order valence-electron chi connectivity index (χ4n) is 3.00. The van der Waals surface area contributed by atoms with Gasteiger partial charge in [-0.05, 0) is 31.2 Å². The highest BCUT2D eigenvalue weighted by atomic mass is 35.5. The SMILES string of the molecule is COc1ccc(Cl)cc1C1(C)Sc2ccccc2C(C)[NH+]1[O-]. The highest BCUT2D eigenvalue weighted by Crippen LogP contribution is 2.46. The van der Waals surface area contributed by atoms with Gasteiger partial charge in [0.15, 0.2) is 4.87 Å². The van der Waals surface area contributed by atoms with Gasteiger partial charge in [-0.25, -0.2) is 0 Å². The van der Waals surface area contributed by atoms with E-state index >= 15 is 0 Å². The predicted octanol–water partition coefficient (Wildman–Crippen LogP) is 3.77. The second-order valence-corrected chi connectivity index (χ2v) is 7.50. The van der Waals surface area contributed by atoms with E-state index in [1.54, 1.807) is 24.9 Å². The van der Waals surface area contributed by atoms with Gasteiger partial charge in [0.2, 0.25) is 0 Å². The highest BCUT2D eigenvalue weighted by molar-refractivity contribution is 8.00. The quantitative estimate of drug-likeness (QED) is 0.849. The zero-order chi connectivity index (χ0) is 15.9. The molecule has 5 heteroatoms. The number of hydroxylamine groups is 2. The van der Waals surface area contributed by atoms with Gasteiger partial charge in [-0.3, -0.25) is 0 Å². The smallest absolute Gasteiger partial charge is 0.175 e. The number of hydrogen-bond acceptors (Lipinski definition) is 3. The Kier molecular flexibility index (Phi) is 4.12. The number of halogens is 1. The molecule has 1 N–H and O–H groups in total. The van der Waals surface area contributed by atoms with Crippen LogP contribution < -0.4 is 9.80 Å². The summed E-state index contributed by atoms with van der Waals surface area (Å²) in [5, 5.41) is 13.9. The molecule has 0 radical (unpaired) electrons. The van der Waals surface area contributed by atoms with Crippen LogP contribution in [0.15, 0.2) is 47.4 Å². The third kappa shape index (κ3) is 2.40. The maximum Gasteiger partial charge on any atom is 0.175 e. The normalized spacial score (nSPS) is 27.3. The zero-order valence-electron chi connectivity index (χ0n) is 12.7. The average Bonchev–Trinajstić information content (AvgIpc) is 2.53. The van der Waals surface area contributed by atoms with Crippen molar-refractivity contribution in [2.45, 2.75) is 29.7 Å². The maximum absolute atomic E-state index is 13.1. The van der Waals surface area contributed by atoms with Crippen LogP contribution in [0.1, 0.15) is 31.0 Å². The molecule has 3 unspecified atom stereocenters. The Morgan fingerprint density at radius 1 is 1.27 bits per heavy atom. The van der Waals surface area contributed by atoms with Gasteiger partial charge in [0, 0.05) is 22.4 Å². The van der Waals surface area contributed by atoms with Crippen molar-refractivity contribution in [3.63, 3.8) is 0 Å². The summed E-state index contributed by atoms with van der Waals surface area (Å²) in [6.07, 6.45) is 0. The van der Waals surface area contributed by atoms with Crippen LogP contribution in [0, 0.1) is 5.21 Å². The lowest BCUT2D eigenvalue weighted by molar-refractivity contribution is -0.923. The molecular weight excluding hydrogens is 318 g/mol. The van der Waals surface area contributed by atoms with Crippen LogP contribution in [0.5, 0.6) is 5.75 Å². The van der Waals surface area contributed by atoms with E-state index in [0.29, 0.717) is 10.8 Å². The van der Waals surface area contributed by atoms with Gasteiger partial charge in [0.05, 0.1) is 12.7 Å². The molecule has 1 heterocycles. The van der Waals surface area contributed by atoms with Gasteiger partial charge in [0.25, 0.3) is 0 Å². The molecule has 0 aliphatic carbocycles. The van der Waals surface area contributed by atoms with Gasteiger partial charge in [0.1, 0.15) is 11.8 Å². The van der Waals surface area contributed by atoms with Crippen LogP contribution in [0.4, 0.5) is 0 Å². The molecule has 2 aromatic rings. The first-order valence-electron chi connectivity index (χ1n) is 7.13. The lowest BCUT2D eigenvalue weighted by atomic mass is 10.0. The van der Waals surface area contributed by atoms with Gasteiger partial charge >= 0.3 is 0 Å². The van der Waals surface area contributed by atoms with E-state index in [-0.39, 0.29) is 11.1 Å². The number of ether oxygens (including phenoxy) is 1. The minimum absolute atomic E-state index is 0.147. The van der Waals surface area contributed by atoms with Crippen LogP contribution in [0.25, 0.3) is 0 Å². The first kappa shape index (κ1) is 15.7. The van der Waals surface area contributed by atoms with Crippen molar-refractivity contribution in [3.05, 3.63) is 63.8 Å². The third-order valence-electron chi connectivity index (χ3n) is 4.24. The van der Waals surface area contributed by atoms with Gasteiger partial charge < -0.3 is 15.0 Å². The van der Waals surface area contributed by atoms with Crippen LogP contribution in [-0.2, 0) is 4.87 Å². The molecule has 0 saturated carbocycles. The number of benzene rings is 2. The van der Waals surface area contributed by atoms with E-state index in [1.165, 1.54) is 0 Å². The molecule has 0 aromatic heterocycles. The molecule has 0 saturated heterocycles. The van der Waals surface area contributed by atoms with Crippen molar-refractivity contribution in [2.24, 2.45) is 0 Å². The van der Waals surface area contributed by atoms with Gasteiger partial charge in [-0.2, -0.15) is 0 Å². The lowest BCUT2D eigenvalue weighted by Crippen LogP contribution is -3.14. The van der Waals surface area contributed by atoms with Gasteiger partial charge in [-0.1, -0.05) is 41.6 Å². The fourth-order valence-corrected chi connectivity index (χ4v) is 4.66. The molecule has 3 nitrogen and oxygen atoms in total. The first-order valence-corrected chi connectivity index (χ1v) is 8.33. The number of hydrogen-bond donors (Lipinski definition) is 1. The van der Waals surface area contributed by atoms with Crippen LogP contribution in [0.3, 0.4) is 0 Å². The molecule has 0 fully saturated rings. The summed E-state index contributed by atoms with van der Waals surface area (Å²) in [5.41, 5.74) is 1.93. The van der Waals surface area contributed by atoms with E-state index < -0.39 is 4.87 Å². The summed E-state index contributed by atoms with van der Waals surface area (Å²) in [6, 6.07) is 13.4. The second-order valence-electron chi connectivity index (χ2n) is 5.60. The van der Waals surface area contributed by atoms with Crippen LogP contribution >= 0.6 is 23.4 Å². The standard InChI is InChI=1S/C17H18ClNO2S/c1-11-13-6-4-5-7-16(13)22-17(2,19(11)20)14-10-12(18)8-9-15(14)21-3/h4-11,19H,1-3H3. The van der Waals surface area contributed by atoms with Crippen LogP contribution in [-0.4, -0.2) is 7.11 Å². The number of methoxy groups -OCH3 is 1. The van der Waals surface area contributed by atoms with E-state index in [9.17, 15) is 5.21 Å². The molecule has 0 bridgehead atoms. The molecule has 2 aromatic carbocycles. The molecule has 0 spiro atoms. The van der Waals surface area contributed by atoms with Gasteiger partial charge in [-0.15, -0.1) is 0 Å². The molecular formula is C17H18ClNO2S. The summed E-state index contributed by atoms with van der Waals surface area (Å²) in [6.45, 7) is 3.93. The molecule has 1 aliphatic heterocycles. The minimum atomic E-state index is -0.704. The Morgan fingerprint density at radius 2 is 2.00 bits per heavy atom. The third-order valence-corrected chi connectivity index (χ3v) is 5.89. The number of quaternary nitrogens is 1. The van der Waals surface area contributed by atoms with Crippen molar-refractivity contribution >= 4 is 23.4 Å². The second kappa shape index (κ2) is 5.78. The highest BCUT2D eigenvalue weighted by Gasteiger charge is 2.44. The first-order chi connectivity index (χ1) is 10.5. The monoisotopic (exact) mass is 335 g/mol. The summed E-state index contributed by atoms with van der Waals surface area (Å²) in [7, 11) is 1.62. The number of rotatable bonds is 2. The van der Waals surface area contributed by atoms with Crippen molar-refractivity contribution in [2.75, 3.05) is 7.11 Å². The van der Waals surface area contributed by atoms with E-state index in [0.717, 1.165) is 16.0 Å². The van der Waals surface area contributed by atoms with Crippen LogP contribution in [0.2, 0.25) is 5.02 Å². The minimum Gasteiger partial charge on any atom is -0.633 e. The average molecular weight is 336 g/mol. The summed E-state index contributed by atoms with van der Waals surface area (Å²) < 4.78 is 5.47. The Bertz CT molecular complexity index is 709. The Morgan fingerprint density at radius 3 is 2.73 bits per heavy atom. The Hall–Kier alpha value is -1.20. The summed E-state index contributed by atoms with van der Waals surface area (Å²) in [5.74, 6) is 0.694. The Labute approximate surface area is 139 Å². The molecule has 0 amide bonds. The number of thioether (sulfide) groups is 1. The maximum atomic E-state index is 13.1. The lowest BCUT2D eigenvalue weighted by Gasteiger charge is -2.48. The number of fused-ring (bicyclic) bond motifs is 1. The molecule has 116 valence electrons. The van der Waals surface area contributed by atoms with E-state index in [4.69, 9.17) is 16.3 Å². The number of nitrogens with one attached hydrogen (secondary N) is 1. The van der Waals surface area contributed by atoms with Crippen molar-refractivity contribution in [1.82, 2.24) is 0 Å². The fraction of sp³-hybridized carbons (Fsp3) is 0.294. The van der Waals surface area contributed by atoms with E-state index in [2.05, 4.69) is 6.07 Å². The molecule has 3 atom stereocenters. The summed E-state index contributed by atoms with van der Waals surface area (Å²) in [4.78, 5) is 0.434. The largest absolute Gasteiger partial charge is 0.633 e. The predicted molar refractivity (Wildman–Crippen MR) is 90.4 cm³/mol. The molecule has 22 heavy (non-hydrogen) atoms. The Balaban J connectivity index is 2.16. The molecule has 1 aliphatic rings. The molecule has 3 rings (SSSR count).